The van der Waals surface area contributed by atoms with E-state index in [1.54, 1.807) is 0 Å². The zero-order valence-corrected chi connectivity index (χ0v) is 22.3. The zero-order valence-electron chi connectivity index (χ0n) is 21.5. The minimum Gasteiger partial charge on any atom is -0.488 e. The molecule has 0 spiro atoms. The second-order valence-corrected chi connectivity index (χ2v) is 9.65. The Balaban J connectivity index is 1.35. The van der Waals surface area contributed by atoms with E-state index in [2.05, 4.69) is 15.3 Å². The number of hydrogen-bond donors (Lipinski definition) is 2. The van der Waals surface area contributed by atoms with Gasteiger partial charge in [-0.3, -0.25) is 20.1 Å². The van der Waals surface area contributed by atoms with E-state index in [1.165, 1.54) is 0 Å². The summed E-state index contributed by atoms with van der Waals surface area (Å²) in [5.74, 6) is 6.20. The lowest BCUT2D eigenvalue weighted by atomic mass is 10.1. The van der Waals surface area contributed by atoms with Crippen LogP contribution >= 0.6 is 11.6 Å². The first-order valence-electron chi connectivity index (χ1n) is 12.8. The van der Waals surface area contributed by atoms with Crippen LogP contribution < -0.4 is 25.8 Å². The molecule has 1 fully saturated rings. The molecule has 0 bridgehead atoms. The number of piperazine rings is 1. The summed E-state index contributed by atoms with van der Waals surface area (Å²) in [6, 6.07) is 25.6. The Labute approximate surface area is 232 Å². The second-order valence-electron chi connectivity index (χ2n) is 9.25. The summed E-state index contributed by atoms with van der Waals surface area (Å²) < 4.78 is 12.4. The van der Waals surface area contributed by atoms with Gasteiger partial charge in [-0.05, 0) is 23.3 Å². The van der Waals surface area contributed by atoms with Crippen molar-refractivity contribution in [1.29, 1.82) is 0 Å². The summed E-state index contributed by atoms with van der Waals surface area (Å²) in [6.45, 7) is 3.99. The SMILES string of the molecule is NNC(=O)CN1CCN(n2ccc(-c3cc(Cl)c(OCc4ccccc4)cc3OCc3ccccc3)n2)CC1. The highest BCUT2D eigenvalue weighted by atomic mass is 35.5. The largest absolute Gasteiger partial charge is 0.488 e. The second kappa shape index (κ2) is 12.7. The molecule has 4 aromatic rings. The van der Waals surface area contributed by atoms with E-state index in [4.69, 9.17) is 32.0 Å². The van der Waals surface area contributed by atoms with E-state index in [1.807, 2.05) is 89.9 Å². The molecule has 1 amide bonds. The van der Waals surface area contributed by atoms with Crippen LogP contribution in [-0.4, -0.2) is 53.4 Å². The molecule has 9 nitrogen and oxygen atoms in total. The molecule has 1 aliphatic rings. The molecule has 5 rings (SSSR count). The fourth-order valence-electron chi connectivity index (χ4n) is 4.40. The number of nitrogens with one attached hydrogen (secondary N) is 1. The van der Waals surface area contributed by atoms with Crippen LogP contribution in [0.4, 0.5) is 0 Å². The lowest BCUT2D eigenvalue weighted by Crippen LogP contribution is -2.53. The third-order valence-electron chi connectivity index (χ3n) is 6.53. The predicted octanol–water partition coefficient (Wildman–Crippen LogP) is 3.61. The average Bonchev–Trinajstić information content (AvgIpc) is 3.47. The predicted molar refractivity (Wildman–Crippen MR) is 151 cm³/mol. The normalized spacial score (nSPS) is 13.7. The van der Waals surface area contributed by atoms with Gasteiger partial charge >= 0.3 is 0 Å². The summed E-state index contributed by atoms with van der Waals surface area (Å²) in [6.07, 6.45) is 1.92. The van der Waals surface area contributed by atoms with Crippen molar-refractivity contribution in [2.75, 3.05) is 37.7 Å². The molecule has 202 valence electrons. The molecule has 1 aromatic heterocycles. The summed E-state index contributed by atoms with van der Waals surface area (Å²) in [4.78, 5) is 15.5. The molecule has 3 N–H and O–H groups in total. The smallest absolute Gasteiger partial charge is 0.248 e. The maximum Gasteiger partial charge on any atom is 0.248 e. The Morgan fingerprint density at radius 1 is 0.872 bits per heavy atom. The van der Waals surface area contributed by atoms with Crippen LogP contribution in [-0.2, 0) is 18.0 Å². The number of nitrogens with zero attached hydrogens (tertiary/aromatic N) is 4. The summed E-state index contributed by atoms with van der Waals surface area (Å²) in [5, 5.41) is 7.44. The number of rotatable bonds is 10. The maximum absolute atomic E-state index is 11.6. The number of carbonyl (C=O) groups is 1. The lowest BCUT2D eigenvalue weighted by Gasteiger charge is -2.35. The standard InChI is InChI=1S/C29H31ClN6O3/c30-25-17-24(26-11-12-36(33-26)35-15-13-34(14-16-35)19-29(37)32-31)27(38-20-22-7-3-1-4-8-22)18-28(25)39-21-23-9-5-2-6-10-23/h1-12,17-18H,13-16,19-21,31H2,(H,32,37). The van der Waals surface area contributed by atoms with E-state index in [0.717, 1.165) is 48.6 Å². The van der Waals surface area contributed by atoms with Crippen LogP contribution in [0.1, 0.15) is 11.1 Å². The number of halogens is 1. The first-order chi connectivity index (χ1) is 19.1. The number of aromatic nitrogens is 2. The van der Waals surface area contributed by atoms with E-state index in [9.17, 15) is 4.79 Å². The Morgan fingerprint density at radius 3 is 2.10 bits per heavy atom. The molecule has 0 aliphatic carbocycles. The number of carbonyl (C=O) groups excluding carboxylic acids is 1. The van der Waals surface area contributed by atoms with Gasteiger partial charge in [0.05, 0.1) is 17.3 Å². The molecule has 3 aromatic carbocycles. The van der Waals surface area contributed by atoms with Gasteiger partial charge in [0.25, 0.3) is 0 Å². The molecule has 39 heavy (non-hydrogen) atoms. The van der Waals surface area contributed by atoms with E-state index in [-0.39, 0.29) is 12.5 Å². The molecule has 0 atom stereocenters. The first-order valence-corrected chi connectivity index (χ1v) is 13.2. The molecule has 0 saturated carbocycles. The van der Waals surface area contributed by atoms with Gasteiger partial charge in [-0.15, -0.1) is 0 Å². The molecule has 1 saturated heterocycles. The highest BCUT2D eigenvalue weighted by Crippen LogP contribution is 2.39. The van der Waals surface area contributed by atoms with E-state index < -0.39 is 0 Å². The third kappa shape index (κ3) is 6.88. The van der Waals surface area contributed by atoms with Crippen molar-refractivity contribution in [1.82, 2.24) is 20.2 Å². The van der Waals surface area contributed by atoms with Gasteiger partial charge in [-0.1, -0.05) is 72.3 Å². The quantitative estimate of drug-likeness (QED) is 0.178. The number of ether oxygens (including phenoxy) is 2. The number of hydrazine groups is 1. The minimum atomic E-state index is -0.194. The van der Waals surface area contributed by atoms with Gasteiger partial charge in [0, 0.05) is 44.0 Å². The van der Waals surface area contributed by atoms with Crippen molar-refractivity contribution >= 4 is 17.5 Å². The number of amides is 1. The van der Waals surface area contributed by atoms with Crippen LogP contribution in [0.5, 0.6) is 11.5 Å². The molecular formula is C29H31ClN6O3. The molecule has 2 heterocycles. The number of hydrogen-bond acceptors (Lipinski definition) is 7. The van der Waals surface area contributed by atoms with Crippen LogP contribution in [0.15, 0.2) is 85.1 Å². The molecule has 10 heteroatoms. The highest BCUT2D eigenvalue weighted by molar-refractivity contribution is 6.32. The summed E-state index contributed by atoms with van der Waals surface area (Å²) >= 11 is 6.69. The topological polar surface area (TPSA) is 97.9 Å². The Kier molecular flexibility index (Phi) is 8.62. The van der Waals surface area contributed by atoms with E-state index in [0.29, 0.717) is 29.7 Å². The van der Waals surface area contributed by atoms with Crippen molar-refractivity contribution in [3.8, 4) is 22.8 Å². The average molecular weight is 547 g/mol. The van der Waals surface area contributed by atoms with Crippen molar-refractivity contribution in [2.45, 2.75) is 13.2 Å². The Morgan fingerprint density at radius 2 is 1.49 bits per heavy atom. The van der Waals surface area contributed by atoms with Crippen LogP contribution in [0, 0.1) is 0 Å². The van der Waals surface area contributed by atoms with Crippen LogP contribution in [0.2, 0.25) is 5.02 Å². The van der Waals surface area contributed by atoms with Crippen LogP contribution in [0.3, 0.4) is 0 Å². The Hall–Kier alpha value is -4.05. The van der Waals surface area contributed by atoms with Gasteiger partial charge in [0.15, 0.2) is 0 Å². The fraction of sp³-hybridized carbons (Fsp3) is 0.241. The molecule has 1 aliphatic heterocycles. The van der Waals surface area contributed by atoms with Crippen molar-refractivity contribution in [3.63, 3.8) is 0 Å². The molecular weight excluding hydrogens is 516 g/mol. The number of nitrogens with two attached hydrogens (primary N) is 1. The van der Waals surface area contributed by atoms with Gasteiger partial charge in [0.2, 0.25) is 5.91 Å². The fourth-order valence-corrected chi connectivity index (χ4v) is 4.62. The maximum atomic E-state index is 11.6. The third-order valence-corrected chi connectivity index (χ3v) is 6.82. The van der Waals surface area contributed by atoms with E-state index >= 15 is 0 Å². The molecule has 0 unspecified atom stereocenters. The summed E-state index contributed by atoms with van der Waals surface area (Å²) in [7, 11) is 0. The van der Waals surface area contributed by atoms with Crippen molar-refractivity contribution < 1.29 is 14.3 Å². The van der Waals surface area contributed by atoms with Gasteiger partial charge in [-0.25, -0.2) is 5.84 Å². The van der Waals surface area contributed by atoms with Crippen LogP contribution in [0.25, 0.3) is 11.3 Å². The highest BCUT2D eigenvalue weighted by Gasteiger charge is 2.21. The zero-order chi connectivity index (χ0) is 27.0. The van der Waals surface area contributed by atoms with Crippen molar-refractivity contribution in [2.24, 2.45) is 5.84 Å². The Bertz CT molecular complexity index is 1370. The van der Waals surface area contributed by atoms with Crippen molar-refractivity contribution in [3.05, 3.63) is 101 Å². The first kappa shape index (κ1) is 26.6. The van der Waals surface area contributed by atoms with Gasteiger partial charge in [-0.2, -0.15) is 9.89 Å². The molecule has 0 radical (unpaired) electrons. The number of benzene rings is 3. The lowest BCUT2D eigenvalue weighted by molar-refractivity contribution is -0.122. The van der Waals surface area contributed by atoms with Gasteiger partial charge in [0.1, 0.15) is 24.7 Å². The minimum absolute atomic E-state index is 0.194. The summed E-state index contributed by atoms with van der Waals surface area (Å²) in [5.41, 5.74) is 5.80. The van der Waals surface area contributed by atoms with Gasteiger partial charge < -0.3 is 9.47 Å². The monoisotopic (exact) mass is 546 g/mol.